The number of nitrogens with one attached hydrogen (secondary N) is 1. The monoisotopic (exact) mass is 226 g/mol. The molecular formula is C13H26N2O. The van der Waals surface area contributed by atoms with Gasteiger partial charge >= 0.3 is 0 Å². The minimum Gasteiger partial charge on any atom is -0.374 e. The third kappa shape index (κ3) is 3.44. The zero-order chi connectivity index (χ0) is 11.5. The van der Waals surface area contributed by atoms with Gasteiger partial charge in [0.25, 0.3) is 0 Å². The van der Waals surface area contributed by atoms with E-state index in [4.69, 9.17) is 4.74 Å². The minimum atomic E-state index is 0.394. The Labute approximate surface area is 99.5 Å². The minimum absolute atomic E-state index is 0.394. The summed E-state index contributed by atoms with van der Waals surface area (Å²) in [7, 11) is 0. The summed E-state index contributed by atoms with van der Waals surface area (Å²) < 4.78 is 5.78. The van der Waals surface area contributed by atoms with Gasteiger partial charge in [-0.3, -0.25) is 4.90 Å². The van der Waals surface area contributed by atoms with Crippen molar-refractivity contribution in [2.24, 2.45) is 11.8 Å². The fraction of sp³-hybridized carbons (Fsp3) is 1.00. The molecule has 1 saturated heterocycles. The van der Waals surface area contributed by atoms with Crippen molar-refractivity contribution in [3.8, 4) is 0 Å². The van der Waals surface area contributed by atoms with Gasteiger partial charge in [-0.2, -0.15) is 0 Å². The number of hydrogen-bond acceptors (Lipinski definition) is 3. The molecule has 1 aliphatic carbocycles. The summed E-state index contributed by atoms with van der Waals surface area (Å²) in [5.41, 5.74) is 0. The van der Waals surface area contributed by atoms with E-state index in [1.165, 1.54) is 13.0 Å². The molecule has 0 spiro atoms. The molecular weight excluding hydrogens is 200 g/mol. The molecule has 0 radical (unpaired) electrons. The van der Waals surface area contributed by atoms with E-state index in [-0.39, 0.29) is 0 Å². The summed E-state index contributed by atoms with van der Waals surface area (Å²) in [6.45, 7) is 12.1. The summed E-state index contributed by atoms with van der Waals surface area (Å²) in [6.07, 6.45) is 1.81. The van der Waals surface area contributed by atoms with Crippen LogP contribution in [0.1, 0.15) is 27.2 Å². The third-order valence-electron chi connectivity index (χ3n) is 3.96. The second-order valence-electron chi connectivity index (χ2n) is 5.71. The Bertz CT molecular complexity index is 220. The van der Waals surface area contributed by atoms with Crippen LogP contribution in [0, 0.1) is 11.8 Å². The Kier molecular flexibility index (Phi) is 4.22. The zero-order valence-electron chi connectivity index (χ0n) is 10.9. The van der Waals surface area contributed by atoms with Gasteiger partial charge in [-0.25, -0.2) is 0 Å². The van der Waals surface area contributed by atoms with E-state index in [1.54, 1.807) is 0 Å². The molecule has 1 saturated carbocycles. The summed E-state index contributed by atoms with van der Waals surface area (Å²) in [4.78, 5) is 2.51. The molecule has 0 amide bonds. The summed E-state index contributed by atoms with van der Waals surface area (Å²) in [5.74, 6) is 1.89. The van der Waals surface area contributed by atoms with Crippen molar-refractivity contribution in [1.29, 1.82) is 0 Å². The molecule has 2 aliphatic rings. The van der Waals surface area contributed by atoms with Crippen molar-refractivity contribution < 1.29 is 4.74 Å². The standard InChI is InChI=1S/C13H26N2O/c1-10(2)15-4-5-16-13(9-15)8-14-7-12-6-11(12)3/h10-14H,4-9H2,1-3H3. The second kappa shape index (κ2) is 5.48. The molecule has 2 fully saturated rings. The van der Waals surface area contributed by atoms with Crippen molar-refractivity contribution in [3.63, 3.8) is 0 Å². The molecule has 3 nitrogen and oxygen atoms in total. The number of ether oxygens (including phenoxy) is 1. The van der Waals surface area contributed by atoms with Crippen LogP contribution in [-0.2, 0) is 4.74 Å². The maximum absolute atomic E-state index is 5.78. The van der Waals surface area contributed by atoms with Crippen LogP contribution in [0.4, 0.5) is 0 Å². The Morgan fingerprint density at radius 3 is 2.75 bits per heavy atom. The van der Waals surface area contributed by atoms with E-state index < -0.39 is 0 Å². The molecule has 3 unspecified atom stereocenters. The van der Waals surface area contributed by atoms with E-state index >= 15 is 0 Å². The fourth-order valence-electron chi connectivity index (χ4n) is 2.45. The highest BCUT2D eigenvalue weighted by Gasteiger charge is 2.32. The molecule has 2 rings (SSSR count). The van der Waals surface area contributed by atoms with Gasteiger partial charge in [0, 0.05) is 25.7 Å². The first-order valence-electron chi connectivity index (χ1n) is 6.73. The molecule has 16 heavy (non-hydrogen) atoms. The lowest BCUT2D eigenvalue weighted by atomic mass is 10.2. The van der Waals surface area contributed by atoms with Crippen molar-refractivity contribution in [1.82, 2.24) is 10.2 Å². The number of morpholine rings is 1. The zero-order valence-corrected chi connectivity index (χ0v) is 10.9. The van der Waals surface area contributed by atoms with Gasteiger partial charge in [-0.15, -0.1) is 0 Å². The molecule has 1 N–H and O–H groups in total. The topological polar surface area (TPSA) is 24.5 Å². The summed E-state index contributed by atoms with van der Waals surface area (Å²) >= 11 is 0. The molecule has 3 atom stereocenters. The van der Waals surface area contributed by atoms with Crippen molar-refractivity contribution in [2.75, 3.05) is 32.8 Å². The van der Waals surface area contributed by atoms with E-state index in [9.17, 15) is 0 Å². The normalized spacial score (nSPS) is 35.6. The first kappa shape index (κ1) is 12.3. The Balaban J connectivity index is 1.61. The molecule has 0 aromatic rings. The van der Waals surface area contributed by atoms with Crippen LogP contribution in [0.15, 0.2) is 0 Å². The number of nitrogens with zero attached hydrogens (tertiary/aromatic N) is 1. The van der Waals surface area contributed by atoms with Crippen LogP contribution < -0.4 is 5.32 Å². The van der Waals surface area contributed by atoms with Crippen LogP contribution in [-0.4, -0.2) is 49.8 Å². The molecule has 0 aromatic heterocycles. The lowest BCUT2D eigenvalue weighted by Crippen LogP contribution is -2.49. The highest BCUT2D eigenvalue weighted by Crippen LogP contribution is 2.36. The first-order valence-corrected chi connectivity index (χ1v) is 6.73. The van der Waals surface area contributed by atoms with Gasteiger partial charge < -0.3 is 10.1 Å². The molecule has 0 bridgehead atoms. The predicted octanol–water partition coefficient (Wildman–Crippen LogP) is 1.34. The predicted molar refractivity (Wildman–Crippen MR) is 66.6 cm³/mol. The Morgan fingerprint density at radius 1 is 1.38 bits per heavy atom. The van der Waals surface area contributed by atoms with Crippen molar-refractivity contribution in [2.45, 2.75) is 39.3 Å². The summed E-state index contributed by atoms with van der Waals surface area (Å²) in [5, 5.41) is 3.56. The van der Waals surface area contributed by atoms with Crippen LogP contribution in [0.2, 0.25) is 0 Å². The van der Waals surface area contributed by atoms with Gasteiger partial charge in [-0.05, 0) is 38.6 Å². The SMILES string of the molecule is CC1CC1CNCC1CN(C(C)C)CCO1. The van der Waals surface area contributed by atoms with Gasteiger partial charge in [0.15, 0.2) is 0 Å². The molecule has 1 heterocycles. The quantitative estimate of drug-likeness (QED) is 0.765. The lowest BCUT2D eigenvalue weighted by molar-refractivity contribution is -0.0371. The highest BCUT2D eigenvalue weighted by atomic mass is 16.5. The van der Waals surface area contributed by atoms with Crippen LogP contribution in [0.3, 0.4) is 0 Å². The third-order valence-corrected chi connectivity index (χ3v) is 3.96. The maximum Gasteiger partial charge on any atom is 0.0826 e. The Hall–Kier alpha value is -0.120. The van der Waals surface area contributed by atoms with E-state index in [0.717, 1.165) is 38.1 Å². The molecule has 0 aromatic carbocycles. The van der Waals surface area contributed by atoms with E-state index in [0.29, 0.717) is 12.1 Å². The maximum atomic E-state index is 5.78. The van der Waals surface area contributed by atoms with E-state index in [2.05, 4.69) is 31.0 Å². The second-order valence-corrected chi connectivity index (χ2v) is 5.71. The molecule has 94 valence electrons. The average molecular weight is 226 g/mol. The van der Waals surface area contributed by atoms with Crippen LogP contribution >= 0.6 is 0 Å². The number of rotatable bonds is 5. The molecule has 3 heteroatoms. The first-order chi connectivity index (χ1) is 7.66. The largest absolute Gasteiger partial charge is 0.374 e. The highest BCUT2D eigenvalue weighted by molar-refractivity contribution is 4.85. The molecule has 1 aliphatic heterocycles. The van der Waals surface area contributed by atoms with Crippen LogP contribution in [0.25, 0.3) is 0 Å². The van der Waals surface area contributed by atoms with Gasteiger partial charge in [0.05, 0.1) is 12.7 Å². The van der Waals surface area contributed by atoms with Gasteiger partial charge in [0.2, 0.25) is 0 Å². The van der Waals surface area contributed by atoms with Gasteiger partial charge in [-0.1, -0.05) is 6.92 Å². The Morgan fingerprint density at radius 2 is 2.12 bits per heavy atom. The lowest BCUT2D eigenvalue weighted by Gasteiger charge is -2.35. The fourth-order valence-corrected chi connectivity index (χ4v) is 2.45. The van der Waals surface area contributed by atoms with Gasteiger partial charge in [0.1, 0.15) is 0 Å². The van der Waals surface area contributed by atoms with Crippen LogP contribution in [0.5, 0.6) is 0 Å². The summed E-state index contributed by atoms with van der Waals surface area (Å²) in [6, 6.07) is 0.648. The van der Waals surface area contributed by atoms with Crippen molar-refractivity contribution in [3.05, 3.63) is 0 Å². The van der Waals surface area contributed by atoms with E-state index in [1.807, 2.05) is 0 Å². The van der Waals surface area contributed by atoms with Crippen molar-refractivity contribution >= 4 is 0 Å². The number of hydrogen-bond donors (Lipinski definition) is 1. The average Bonchev–Trinajstić information content (AvgIpc) is 2.95. The smallest absolute Gasteiger partial charge is 0.0826 e.